The molecule has 2 heterocycles. The largest absolute Gasteiger partial charge is 0.369 e. The van der Waals surface area contributed by atoms with E-state index in [1.165, 1.54) is 0 Å². The normalized spacial score (nSPS) is 21.7. The molecule has 1 aromatic heterocycles. The summed E-state index contributed by atoms with van der Waals surface area (Å²) in [6, 6.07) is 0. The van der Waals surface area contributed by atoms with Gasteiger partial charge in [-0.25, -0.2) is 0 Å². The maximum absolute atomic E-state index is 12.4. The van der Waals surface area contributed by atoms with Crippen LogP contribution in [0.25, 0.3) is 0 Å². The van der Waals surface area contributed by atoms with Crippen LogP contribution in [0.3, 0.4) is 0 Å². The Morgan fingerprint density at radius 3 is 2.91 bits per heavy atom. The Morgan fingerprint density at radius 1 is 1.45 bits per heavy atom. The first-order valence-corrected chi connectivity index (χ1v) is 7.59. The molecule has 3 N–H and O–H groups in total. The first-order valence-electron chi connectivity index (χ1n) is 7.59. The summed E-state index contributed by atoms with van der Waals surface area (Å²) in [5, 5.41) is 2.74. The van der Waals surface area contributed by atoms with Crippen LogP contribution in [0.5, 0.6) is 0 Å². The fraction of sp³-hybridized carbons (Fsp3) is 0.600. The lowest BCUT2D eigenvalue weighted by Gasteiger charge is -2.36. The van der Waals surface area contributed by atoms with Crippen molar-refractivity contribution >= 4 is 11.8 Å². The summed E-state index contributed by atoms with van der Waals surface area (Å²) in [7, 11) is 1.63. The van der Waals surface area contributed by atoms with Gasteiger partial charge in [0.1, 0.15) is 5.54 Å². The average Bonchev–Trinajstić information content (AvgIpc) is 2.90. The van der Waals surface area contributed by atoms with Gasteiger partial charge in [0.05, 0.1) is 12.2 Å². The van der Waals surface area contributed by atoms with Gasteiger partial charge in [0.15, 0.2) is 0 Å². The molecule has 1 atom stereocenters. The van der Waals surface area contributed by atoms with Crippen LogP contribution in [0, 0.1) is 0 Å². The smallest absolute Gasteiger partial charge is 0.240 e. The molecule has 0 spiro atoms. The van der Waals surface area contributed by atoms with Crippen molar-refractivity contribution in [3.8, 4) is 0 Å². The Bertz CT molecular complexity index is 522. The molecule has 1 aromatic rings. The third kappa shape index (κ3) is 3.59. The Hall–Kier alpha value is -2.02. The molecule has 0 aromatic carbocycles. The Balaban J connectivity index is 2.05. The highest BCUT2D eigenvalue weighted by molar-refractivity contribution is 5.87. The van der Waals surface area contributed by atoms with Crippen LogP contribution >= 0.6 is 0 Å². The highest BCUT2D eigenvalue weighted by Gasteiger charge is 2.46. The van der Waals surface area contributed by atoms with Crippen LogP contribution in [0.1, 0.15) is 31.4 Å². The Kier molecular flexibility index (Phi) is 5.43. The topological polar surface area (TPSA) is 101 Å². The molecule has 7 nitrogen and oxygen atoms in total. The number of nitrogens with one attached hydrogen (secondary N) is 1. The van der Waals surface area contributed by atoms with E-state index in [4.69, 9.17) is 5.73 Å². The van der Waals surface area contributed by atoms with Crippen molar-refractivity contribution in [2.24, 2.45) is 5.73 Å². The summed E-state index contributed by atoms with van der Waals surface area (Å²) in [5.41, 5.74) is 5.60. The highest BCUT2D eigenvalue weighted by atomic mass is 16.2. The third-order valence-corrected chi connectivity index (χ3v) is 4.26. The number of hydrogen-bond acceptors (Lipinski definition) is 5. The lowest BCUT2D eigenvalue weighted by molar-refractivity contribution is -0.133. The quantitative estimate of drug-likeness (QED) is 0.730. The molecule has 120 valence electrons. The van der Waals surface area contributed by atoms with E-state index in [-0.39, 0.29) is 12.5 Å². The monoisotopic (exact) mass is 305 g/mol. The highest BCUT2D eigenvalue weighted by Crippen LogP contribution is 2.34. The van der Waals surface area contributed by atoms with Crippen molar-refractivity contribution in [2.45, 2.75) is 37.6 Å². The van der Waals surface area contributed by atoms with Gasteiger partial charge >= 0.3 is 0 Å². The van der Waals surface area contributed by atoms with E-state index in [9.17, 15) is 9.59 Å². The summed E-state index contributed by atoms with van der Waals surface area (Å²) in [5.74, 6) is -0.436. The van der Waals surface area contributed by atoms with Gasteiger partial charge in [-0.05, 0) is 38.6 Å². The molecular weight excluding hydrogens is 282 g/mol. The van der Waals surface area contributed by atoms with E-state index in [0.29, 0.717) is 6.42 Å². The minimum atomic E-state index is -0.633. The Morgan fingerprint density at radius 2 is 2.27 bits per heavy atom. The van der Waals surface area contributed by atoms with Crippen molar-refractivity contribution in [2.75, 3.05) is 20.1 Å². The second kappa shape index (κ2) is 7.31. The molecule has 1 aliphatic heterocycles. The van der Waals surface area contributed by atoms with Gasteiger partial charge in [0.2, 0.25) is 11.8 Å². The van der Waals surface area contributed by atoms with Gasteiger partial charge < -0.3 is 11.1 Å². The average molecular weight is 305 g/mol. The predicted molar refractivity (Wildman–Crippen MR) is 81.8 cm³/mol. The van der Waals surface area contributed by atoms with Gasteiger partial charge in [-0.2, -0.15) is 0 Å². The number of nitrogens with zero attached hydrogens (tertiary/aromatic N) is 3. The number of nitrogens with two attached hydrogens (primary N) is 1. The van der Waals surface area contributed by atoms with Crippen LogP contribution in [-0.4, -0.2) is 52.4 Å². The number of amides is 2. The van der Waals surface area contributed by atoms with Gasteiger partial charge in [0, 0.05) is 25.6 Å². The molecule has 7 heteroatoms. The summed E-state index contributed by atoms with van der Waals surface area (Å²) in [4.78, 5) is 33.9. The zero-order valence-electron chi connectivity index (χ0n) is 12.9. The van der Waals surface area contributed by atoms with Crippen LogP contribution < -0.4 is 11.1 Å². The second-order valence-corrected chi connectivity index (χ2v) is 5.65. The van der Waals surface area contributed by atoms with Crippen LogP contribution in [0.2, 0.25) is 0 Å². The number of rotatable bonds is 7. The minimum absolute atomic E-state index is 0.0367. The molecule has 1 aliphatic rings. The molecule has 0 bridgehead atoms. The lowest BCUT2D eigenvalue weighted by Crippen LogP contribution is -2.56. The van der Waals surface area contributed by atoms with Gasteiger partial charge in [-0.15, -0.1) is 0 Å². The number of aromatic nitrogens is 2. The number of primary amides is 1. The summed E-state index contributed by atoms with van der Waals surface area (Å²) < 4.78 is 0. The zero-order chi connectivity index (χ0) is 16.0. The second-order valence-electron chi connectivity index (χ2n) is 5.65. The molecule has 1 saturated heterocycles. The van der Waals surface area contributed by atoms with Gasteiger partial charge in [0.25, 0.3) is 0 Å². The number of carbonyl (C=O) groups excluding carboxylic acids is 2. The minimum Gasteiger partial charge on any atom is -0.369 e. The molecule has 22 heavy (non-hydrogen) atoms. The summed E-state index contributed by atoms with van der Waals surface area (Å²) in [6.07, 6.45) is 8.93. The molecule has 0 unspecified atom stereocenters. The van der Waals surface area contributed by atoms with Crippen molar-refractivity contribution in [3.63, 3.8) is 0 Å². The maximum atomic E-state index is 12.4. The Labute approximate surface area is 130 Å². The predicted octanol–water partition coefficient (Wildman–Crippen LogP) is -0.135. The number of likely N-dealkylation sites (tertiary alicyclic amines) is 1. The molecule has 1 fully saturated rings. The van der Waals surface area contributed by atoms with E-state index in [2.05, 4.69) is 15.3 Å². The van der Waals surface area contributed by atoms with Crippen molar-refractivity contribution in [3.05, 3.63) is 24.3 Å². The first-order chi connectivity index (χ1) is 10.6. The van der Waals surface area contributed by atoms with Crippen molar-refractivity contribution < 1.29 is 9.59 Å². The van der Waals surface area contributed by atoms with Crippen LogP contribution in [0.15, 0.2) is 18.6 Å². The van der Waals surface area contributed by atoms with E-state index < -0.39 is 11.4 Å². The molecule has 0 radical (unpaired) electrons. The lowest BCUT2D eigenvalue weighted by atomic mass is 9.88. The fourth-order valence-corrected chi connectivity index (χ4v) is 3.26. The van der Waals surface area contributed by atoms with Gasteiger partial charge in [-0.3, -0.25) is 24.5 Å². The van der Waals surface area contributed by atoms with Gasteiger partial charge in [-0.1, -0.05) is 0 Å². The SMILES string of the molecule is CNC(=O)[C@@]1(CCCc2cnccn2)CCCN1CC(N)=O. The zero-order valence-corrected chi connectivity index (χ0v) is 12.9. The summed E-state index contributed by atoms with van der Waals surface area (Å²) >= 11 is 0. The molecular formula is C15H23N5O2. The van der Waals surface area contributed by atoms with Crippen LogP contribution in [0.4, 0.5) is 0 Å². The number of likely N-dealkylation sites (N-methyl/N-ethyl adjacent to an activating group) is 1. The number of hydrogen-bond donors (Lipinski definition) is 2. The molecule has 0 aliphatic carbocycles. The third-order valence-electron chi connectivity index (χ3n) is 4.26. The molecule has 2 amide bonds. The van der Waals surface area contributed by atoms with Crippen LogP contribution in [-0.2, 0) is 16.0 Å². The first kappa shape index (κ1) is 16.4. The van der Waals surface area contributed by atoms with Crippen molar-refractivity contribution in [1.29, 1.82) is 0 Å². The number of carbonyl (C=O) groups is 2. The van der Waals surface area contributed by atoms with E-state index in [0.717, 1.165) is 37.9 Å². The summed E-state index contributed by atoms with van der Waals surface area (Å²) in [6.45, 7) is 0.847. The maximum Gasteiger partial charge on any atom is 0.240 e. The van der Waals surface area contributed by atoms with E-state index >= 15 is 0 Å². The van der Waals surface area contributed by atoms with E-state index in [1.54, 1.807) is 25.6 Å². The van der Waals surface area contributed by atoms with E-state index in [1.807, 2.05) is 4.90 Å². The molecule has 2 rings (SSSR count). The number of aryl methyl sites for hydroxylation is 1. The molecule has 0 saturated carbocycles. The standard InChI is InChI=1S/C15H23N5O2/c1-17-14(22)15(6-3-9-20(15)11-13(16)21)5-2-4-12-10-18-7-8-19-12/h7-8,10H,2-6,9,11H2,1H3,(H2,16,21)(H,17,22)/t15-/m1/s1. The fourth-order valence-electron chi connectivity index (χ4n) is 3.26. The van der Waals surface area contributed by atoms with Crippen molar-refractivity contribution in [1.82, 2.24) is 20.2 Å².